The standard InChI is InChI=1S/C35H36FN5O4/c1-24-7-13-28(14-8-24)39-35(44)41-18-4-17-40(19-20-41)32-16-15-29(38-33(42)26-5-3-6-30(21-26)45-2)22-31(32)34(43)37-23-25-9-11-27(36)12-10-25/h3,5-16,21-22H,4,17-20,23H2,1-2H3,(H,37,43)(H,38,42)(H,39,44). The highest BCUT2D eigenvalue weighted by Crippen LogP contribution is 2.27. The Morgan fingerprint density at radius 1 is 0.800 bits per heavy atom. The molecule has 1 aliphatic rings. The van der Waals surface area contributed by atoms with E-state index < -0.39 is 0 Å². The minimum Gasteiger partial charge on any atom is -0.497 e. The van der Waals surface area contributed by atoms with Gasteiger partial charge in [0.05, 0.1) is 12.7 Å². The van der Waals surface area contributed by atoms with E-state index >= 15 is 0 Å². The van der Waals surface area contributed by atoms with Crippen LogP contribution in [0.5, 0.6) is 5.75 Å². The van der Waals surface area contributed by atoms with Crippen LogP contribution in [0, 0.1) is 12.7 Å². The van der Waals surface area contributed by atoms with Crippen molar-refractivity contribution in [3.05, 3.63) is 119 Å². The van der Waals surface area contributed by atoms with Gasteiger partial charge in [-0.2, -0.15) is 0 Å². The molecular weight excluding hydrogens is 573 g/mol. The molecule has 0 saturated carbocycles. The number of aryl methyl sites for hydroxylation is 1. The fraction of sp³-hybridized carbons (Fsp3) is 0.229. The smallest absolute Gasteiger partial charge is 0.321 e. The van der Waals surface area contributed by atoms with Gasteiger partial charge in [0, 0.05) is 55.3 Å². The number of nitrogens with zero attached hydrogens (tertiary/aromatic N) is 2. The van der Waals surface area contributed by atoms with Crippen molar-refractivity contribution in [1.29, 1.82) is 0 Å². The molecule has 9 nitrogen and oxygen atoms in total. The minimum absolute atomic E-state index is 0.173. The number of hydrogen-bond acceptors (Lipinski definition) is 5. The zero-order valence-corrected chi connectivity index (χ0v) is 25.3. The number of hydrogen-bond donors (Lipinski definition) is 3. The quantitative estimate of drug-likeness (QED) is 0.225. The summed E-state index contributed by atoms with van der Waals surface area (Å²) in [6.07, 6.45) is 0.701. The van der Waals surface area contributed by atoms with Gasteiger partial charge in [-0.25, -0.2) is 9.18 Å². The molecule has 4 amide bonds. The van der Waals surface area contributed by atoms with E-state index in [1.807, 2.05) is 37.3 Å². The molecule has 232 valence electrons. The number of halogens is 1. The molecule has 0 aliphatic carbocycles. The lowest BCUT2D eigenvalue weighted by molar-refractivity contribution is 0.0950. The summed E-state index contributed by atoms with van der Waals surface area (Å²) in [5.41, 5.74) is 4.52. The summed E-state index contributed by atoms with van der Waals surface area (Å²) in [5.74, 6) is -0.481. The second kappa shape index (κ2) is 14.4. The topological polar surface area (TPSA) is 103 Å². The van der Waals surface area contributed by atoms with Crippen LogP contribution in [-0.4, -0.2) is 56.0 Å². The van der Waals surface area contributed by atoms with Crippen molar-refractivity contribution in [1.82, 2.24) is 10.2 Å². The monoisotopic (exact) mass is 609 g/mol. The number of carbonyl (C=O) groups is 3. The molecule has 1 fully saturated rings. The fourth-order valence-electron chi connectivity index (χ4n) is 5.12. The summed E-state index contributed by atoms with van der Waals surface area (Å²) in [7, 11) is 1.53. The highest BCUT2D eigenvalue weighted by atomic mass is 19.1. The molecule has 0 radical (unpaired) electrons. The predicted octanol–water partition coefficient (Wildman–Crippen LogP) is 6.07. The van der Waals surface area contributed by atoms with Crippen molar-refractivity contribution >= 4 is 34.9 Å². The Bertz CT molecular complexity index is 1660. The van der Waals surface area contributed by atoms with E-state index in [2.05, 4.69) is 20.9 Å². The molecule has 1 heterocycles. The van der Waals surface area contributed by atoms with Crippen LogP contribution < -0.4 is 25.6 Å². The molecular formula is C35H36FN5O4. The summed E-state index contributed by atoms with van der Waals surface area (Å²) < 4.78 is 18.6. The van der Waals surface area contributed by atoms with Crippen LogP contribution in [0.15, 0.2) is 91.0 Å². The van der Waals surface area contributed by atoms with Crippen molar-refractivity contribution in [2.45, 2.75) is 19.9 Å². The van der Waals surface area contributed by atoms with E-state index in [0.29, 0.717) is 60.9 Å². The molecule has 5 rings (SSSR count). The van der Waals surface area contributed by atoms with Gasteiger partial charge in [-0.3, -0.25) is 9.59 Å². The summed E-state index contributed by atoms with van der Waals surface area (Å²) in [6.45, 7) is 4.36. The maximum Gasteiger partial charge on any atom is 0.321 e. The lowest BCUT2D eigenvalue weighted by Crippen LogP contribution is -2.38. The van der Waals surface area contributed by atoms with Crippen LogP contribution in [0.25, 0.3) is 0 Å². The van der Waals surface area contributed by atoms with Gasteiger partial charge in [0.2, 0.25) is 0 Å². The molecule has 0 atom stereocenters. The number of nitrogens with one attached hydrogen (secondary N) is 3. The number of urea groups is 1. The number of methoxy groups -OCH3 is 1. The molecule has 3 N–H and O–H groups in total. The van der Waals surface area contributed by atoms with Crippen LogP contribution in [0.2, 0.25) is 0 Å². The average Bonchev–Trinajstić information content (AvgIpc) is 3.32. The number of carbonyl (C=O) groups excluding carboxylic acids is 3. The highest BCUT2D eigenvalue weighted by molar-refractivity contribution is 6.06. The molecule has 0 spiro atoms. The third kappa shape index (κ3) is 8.17. The number of benzene rings is 4. The maximum atomic E-state index is 13.6. The SMILES string of the molecule is COc1cccc(C(=O)Nc2ccc(N3CCCN(C(=O)Nc4ccc(C)cc4)CC3)c(C(=O)NCc3ccc(F)cc3)c2)c1. The van der Waals surface area contributed by atoms with Gasteiger partial charge in [0.25, 0.3) is 11.8 Å². The fourth-order valence-corrected chi connectivity index (χ4v) is 5.12. The van der Waals surface area contributed by atoms with Crippen molar-refractivity contribution in [2.24, 2.45) is 0 Å². The Hall–Kier alpha value is -5.38. The third-order valence-electron chi connectivity index (χ3n) is 7.62. The Morgan fingerprint density at radius 2 is 1.56 bits per heavy atom. The van der Waals surface area contributed by atoms with Gasteiger partial charge in [0.1, 0.15) is 11.6 Å². The predicted molar refractivity (Wildman–Crippen MR) is 174 cm³/mol. The zero-order valence-electron chi connectivity index (χ0n) is 25.3. The number of amides is 4. The molecule has 1 aliphatic heterocycles. The normalized spacial score (nSPS) is 13.0. The van der Waals surface area contributed by atoms with Crippen molar-refractivity contribution < 1.29 is 23.5 Å². The first-order valence-corrected chi connectivity index (χ1v) is 14.8. The van der Waals surface area contributed by atoms with Gasteiger partial charge in [0.15, 0.2) is 0 Å². The van der Waals surface area contributed by atoms with E-state index in [1.54, 1.807) is 53.4 Å². The van der Waals surface area contributed by atoms with E-state index in [4.69, 9.17) is 4.74 Å². The highest BCUT2D eigenvalue weighted by Gasteiger charge is 2.23. The lowest BCUT2D eigenvalue weighted by atomic mass is 10.1. The van der Waals surface area contributed by atoms with Crippen molar-refractivity contribution in [3.63, 3.8) is 0 Å². The van der Waals surface area contributed by atoms with Crippen molar-refractivity contribution in [2.75, 3.05) is 48.8 Å². The molecule has 45 heavy (non-hydrogen) atoms. The average molecular weight is 610 g/mol. The van der Waals surface area contributed by atoms with E-state index in [-0.39, 0.29) is 30.2 Å². The van der Waals surface area contributed by atoms with Crippen LogP contribution in [0.1, 0.15) is 38.3 Å². The second-order valence-electron chi connectivity index (χ2n) is 10.9. The van der Waals surface area contributed by atoms with Crippen LogP contribution in [-0.2, 0) is 6.54 Å². The maximum absolute atomic E-state index is 13.6. The molecule has 10 heteroatoms. The van der Waals surface area contributed by atoms with E-state index in [0.717, 1.165) is 16.8 Å². The first-order chi connectivity index (χ1) is 21.8. The van der Waals surface area contributed by atoms with Crippen LogP contribution in [0.3, 0.4) is 0 Å². The Kier molecular flexibility index (Phi) is 9.93. The lowest BCUT2D eigenvalue weighted by Gasteiger charge is -2.26. The molecule has 4 aromatic carbocycles. The summed E-state index contributed by atoms with van der Waals surface area (Å²) in [6, 6.07) is 25.4. The second-order valence-corrected chi connectivity index (χ2v) is 10.9. The van der Waals surface area contributed by atoms with E-state index in [9.17, 15) is 18.8 Å². The first-order valence-electron chi connectivity index (χ1n) is 14.8. The minimum atomic E-state index is -0.352. The van der Waals surface area contributed by atoms with Gasteiger partial charge in [-0.1, -0.05) is 35.9 Å². The molecule has 4 aromatic rings. The molecule has 1 saturated heterocycles. The van der Waals surface area contributed by atoms with Gasteiger partial charge >= 0.3 is 6.03 Å². The van der Waals surface area contributed by atoms with Gasteiger partial charge < -0.3 is 30.5 Å². The number of rotatable bonds is 8. The van der Waals surface area contributed by atoms with Gasteiger partial charge in [-0.15, -0.1) is 0 Å². The Labute approximate surface area is 262 Å². The molecule has 0 unspecified atom stereocenters. The largest absolute Gasteiger partial charge is 0.497 e. The summed E-state index contributed by atoms with van der Waals surface area (Å²) in [5, 5.41) is 8.77. The van der Waals surface area contributed by atoms with Crippen molar-refractivity contribution in [3.8, 4) is 5.75 Å². The Morgan fingerprint density at radius 3 is 2.31 bits per heavy atom. The zero-order chi connectivity index (χ0) is 31.8. The first kappa shape index (κ1) is 31.1. The molecule has 0 aromatic heterocycles. The van der Waals surface area contributed by atoms with Crippen LogP contribution in [0.4, 0.5) is 26.2 Å². The number of ether oxygens (including phenoxy) is 1. The summed E-state index contributed by atoms with van der Waals surface area (Å²) in [4.78, 5) is 43.5. The van der Waals surface area contributed by atoms with Gasteiger partial charge in [-0.05, 0) is 79.6 Å². The summed E-state index contributed by atoms with van der Waals surface area (Å²) >= 11 is 0. The third-order valence-corrected chi connectivity index (χ3v) is 7.62. The molecule has 0 bridgehead atoms. The van der Waals surface area contributed by atoms with E-state index in [1.165, 1.54) is 19.2 Å². The number of anilines is 3. The van der Waals surface area contributed by atoms with Crippen LogP contribution >= 0.6 is 0 Å². The Balaban J connectivity index is 1.34.